The lowest BCUT2D eigenvalue weighted by molar-refractivity contribution is -0.115. The fraction of sp³-hybridized carbons (Fsp3) is 0.429. The molecule has 1 aromatic heterocycles. The molecule has 6 heteroatoms. The number of hydrogen-bond donors (Lipinski definition) is 3. The van der Waals surface area contributed by atoms with E-state index in [1.54, 1.807) is 23.8 Å². The van der Waals surface area contributed by atoms with Crippen LogP contribution in [0, 0.1) is 5.41 Å². The van der Waals surface area contributed by atoms with Gasteiger partial charge in [-0.05, 0) is 74.8 Å². The van der Waals surface area contributed by atoms with Gasteiger partial charge in [-0.15, -0.1) is 6.58 Å². The molecule has 0 radical (unpaired) electrons. The number of H-pyrrole nitrogens is 1. The first-order chi connectivity index (χ1) is 22.6. The number of carbonyl (C=O) groups is 1. The van der Waals surface area contributed by atoms with Crippen molar-refractivity contribution in [2.24, 2.45) is 12.5 Å². The second-order valence-corrected chi connectivity index (χ2v) is 11.6. The molecule has 1 rings (SSSR count). The zero-order valence-electron chi connectivity index (χ0n) is 32.7. The van der Waals surface area contributed by atoms with Crippen LogP contribution in [0.25, 0.3) is 12.2 Å². The van der Waals surface area contributed by atoms with E-state index in [-0.39, 0.29) is 16.9 Å². The number of rotatable bonds is 15. The van der Waals surface area contributed by atoms with Crippen molar-refractivity contribution in [1.82, 2.24) is 20.2 Å². The van der Waals surface area contributed by atoms with Crippen molar-refractivity contribution >= 4 is 17.9 Å². The average Bonchev–Trinajstić information content (AvgIpc) is 3.34. The molecule has 6 nitrogen and oxygen atoms in total. The van der Waals surface area contributed by atoms with Crippen molar-refractivity contribution in [3.05, 3.63) is 131 Å². The van der Waals surface area contributed by atoms with Gasteiger partial charge in [-0.2, -0.15) is 0 Å². The first-order valence-corrected chi connectivity index (χ1v) is 17.1. The number of hydrogen-bond acceptors (Lipinski definition) is 4. The van der Waals surface area contributed by atoms with Crippen LogP contribution < -0.4 is 16.3 Å². The van der Waals surface area contributed by atoms with E-state index in [0.29, 0.717) is 13.0 Å². The Hall–Kier alpha value is -4.32. The fourth-order valence-corrected chi connectivity index (χ4v) is 3.73. The molecule has 0 saturated carbocycles. The molecule has 0 aliphatic carbocycles. The van der Waals surface area contributed by atoms with Crippen LogP contribution in [0.5, 0.6) is 0 Å². The number of Topliss-reactive ketones (excluding diaryl/α,β-unsaturated/α-hetero) is 1. The first kappa shape index (κ1) is 48.1. The Morgan fingerprint density at radius 2 is 1.50 bits per heavy atom. The lowest BCUT2D eigenvalue weighted by atomic mass is 9.85. The number of carbonyl (C=O) groups excluding carboxylic acids is 1. The Morgan fingerprint density at radius 3 is 1.94 bits per heavy atom. The molecular weight excluding hydrogens is 592 g/mol. The van der Waals surface area contributed by atoms with Crippen LogP contribution in [0.2, 0.25) is 0 Å². The predicted octanol–water partition coefficient (Wildman–Crippen LogP) is 10.9. The second-order valence-electron chi connectivity index (χ2n) is 11.6. The lowest BCUT2D eigenvalue weighted by Gasteiger charge is -2.24. The van der Waals surface area contributed by atoms with Crippen molar-refractivity contribution in [2.75, 3.05) is 6.54 Å². The summed E-state index contributed by atoms with van der Waals surface area (Å²) in [5.41, 5.74) is 7.65. The van der Waals surface area contributed by atoms with Crippen LogP contribution in [0.3, 0.4) is 0 Å². The van der Waals surface area contributed by atoms with Gasteiger partial charge in [-0.3, -0.25) is 9.36 Å². The smallest absolute Gasteiger partial charge is 0.326 e. The van der Waals surface area contributed by atoms with Gasteiger partial charge >= 0.3 is 5.69 Å². The van der Waals surface area contributed by atoms with Gasteiger partial charge in [-0.25, -0.2) is 4.79 Å². The molecule has 268 valence electrons. The standard InChI is InChI=1S/C26H40N2O.C11H16N2O.C3H6.C2H6/c1-10-14-23(16-15-22(11-2)25(29)13-4)20(5)19-27-17-18-28-24(12-3)21(6)26(7,8)9;1-5-8(3)7-10-9(6-2)12-11(14)13(10)4;1-3-2;1-2/h11-12,14-18,27-28H,5-6,10,13,19H2,1-4,7-9H3;6-7H,2,5H2,1,3-4H3,(H,12,14);3H,1H2,2H3;1-2H3/b16-15-,18-17+,22-11?,23-14+,24-12+;8-7+;;. The molecule has 0 fully saturated rings. The Labute approximate surface area is 294 Å². The summed E-state index contributed by atoms with van der Waals surface area (Å²) in [6.45, 7) is 40.3. The van der Waals surface area contributed by atoms with E-state index in [1.807, 2.05) is 91.2 Å². The van der Waals surface area contributed by atoms with E-state index in [0.717, 1.165) is 52.2 Å². The maximum absolute atomic E-state index is 11.9. The largest absolute Gasteiger partial charge is 0.386 e. The SMILES string of the molecule is C=C(CN/C=C/N/C(=C/C)C(=C)C(C)(C)C)C(/C=C\C(=CC)C(=O)CC)=C/CC.C=CC.C=Cc1[nH]c(=O)n(C)c1/C=C(\C)CC.CC. The van der Waals surface area contributed by atoms with Crippen molar-refractivity contribution in [1.29, 1.82) is 0 Å². The van der Waals surface area contributed by atoms with Gasteiger partial charge in [0, 0.05) is 43.7 Å². The average molecular weight is 661 g/mol. The number of aromatic nitrogens is 2. The van der Waals surface area contributed by atoms with Gasteiger partial charge in [0.25, 0.3) is 0 Å². The molecule has 0 atom stereocenters. The quantitative estimate of drug-likeness (QED) is 0.0994. The Balaban J connectivity index is -0.000000878. The minimum absolute atomic E-state index is 0.0154. The number of allylic oxidation sites excluding steroid dienone is 9. The van der Waals surface area contributed by atoms with Crippen LogP contribution in [0.4, 0.5) is 0 Å². The fourth-order valence-electron chi connectivity index (χ4n) is 3.73. The van der Waals surface area contributed by atoms with E-state index >= 15 is 0 Å². The highest BCUT2D eigenvalue weighted by Crippen LogP contribution is 2.28. The van der Waals surface area contributed by atoms with Crippen molar-refractivity contribution in [2.45, 2.75) is 102 Å². The monoisotopic (exact) mass is 661 g/mol. The molecule has 0 amide bonds. The van der Waals surface area contributed by atoms with E-state index in [9.17, 15) is 9.59 Å². The second kappa shape index (κ2) is 27.8. The zero-order chi connectivity index (χ0) is 37.9. The summed E-state index contributed by atoms with van der Waals surface area (Å²) in [5.74, 6) is 0.147. The number of imidazole rings is 1. The maximum atomic E-state index is 11.9. The Kier molecular flexibility index (Phi) is 27.8. The maximum Gasteiger partial charge on any atom is 0.326 e. The summed E-state index contributed by atoms with van der Waals surface area (Å²) in [6, 6.07) is 0. The van der Waals surface area contributed by atoms with Gasteiger partial charge in [0.05, 0.1) is 11.4 Å². The summed E-state index contributed by atoms with van der Waals surface area (Å²) in [7, 11) is 1.75. The molecule has 0 aliphatic rings. The molecule has 1 aromatic rings. The topological polar surface area (TPSA) is 78.9 Å². The molecule has 0 spiro atoms. The van der Waals surface area contributed by atoms with E-state index < -0.39 is 0 Å². The zero-order valence-corrected chi connectivity index (χ0v) is 32.7. The summed E-state index contributed by atoms with van der Waals surface area (Å²) in [6.07, 6.45) is 21.4. The van der Waals surface area contributed by atoms with Crippen molar-refractivity contribution in [3.63, 3.8) is 0 Å². The molecule has 3 N–H and O–H groups in total. The number of nitrogens with one attached hydrogen (secondary N) is 3. The highest BCUT2D eigenvalue weighted by atomic mass is 16.1. The highest BCUT2D eigenvalue weighted by Gasteiger charge is 2.17. The van der Waals surface area contributed by atoms with E-state index in [4.69, 9.17) is 0 Å². The van der Waals surface area contributed by atoms with Gasteiger partial charge < -0.3 is 15.6 Å². The third-order valence-electron chi connectivity index (χ3n) is 6.83. The van der Waals surface area contributed by atoms with Gasteiger partial charge in [-0.1, -0.05) is 117 Å². The third kappa shape index (κ3) is 19.4. The van der Waals surface area contributed by atoms with Gasteiger partial charge in [0.15, 0.2) is 5.78 Å². The summed E-state index contributed by atoms with van der Waals surface area (Å²) in [4.78, 5) is 26.0. The molecule has 0 unspecified atom stereocenters. The van der Waals surface area contributed by atoms with Crippen LogP contribution in [0.15, 0.2) is 114 Å². The van der Waals surface area contributed by atoms with Crippen LogP contribution in [-0.4, -0.2) is 21.9 Å². The molecular formula is C42H68N4O2. The summed E-state index contributed by atoms with van der Waals surface area (Å²) >= 11 is 0. The van der Waals surface area contributed by atoms with Crippen LogP contribution >= 0.6 is 0 Å². The normalized spacial score (nSPS) is 12.2. The number of nitrogens with zero attached hydrogens (tertiary/aromatic N) is 1. The highest BCUT2D eigenvalue weighted by molar-refractivity contribution is 5.97. The van der Waals surface area contributed by atoms with Gasteiger partial charge in [0.1, 0.15) is 0 Å². The minimum Gasteiger partial charge on any atom is -0.386 e. The molecule has 48 heavy (non-hydrogen) atoms. The summed E-state index contributed by atoms with van der Waals surface area (Å²) in [5, 5.41) is 6.55. The van der Waals surface area contributed by atoms with Crippen LogP contribution in [-0.2, 0) is 11.8 Å². The summed E-state index contributed by atoms with van der Waals surface area (Å²) < 4.78 is 1.59. The molecule has 0 saturated heterocycles. The number of aromatic amines is 1. The minimum atomic E-state index is -0.102. The predicted molar refractivity (Wildman–Crippen MR) is 216 cm³/mol. The lowest BCUT2D eigenvalue weighted by Crippen LogP contribution is -2.18. The van der Waals surface area contributed by atoms with Crippen molar-refractivity contribution < 1.29 is 4.79 Å². The van der Waals surface area contributed by atoms with Crippen molar-refractivity contribution in [3.8, 4) is 0 Å². The van der Waals surface area contributed by atoms with Gasteiger partial charge in [0.2, 0.25) is 0 Å². The van der Waals surface area contributed by atoms with Crippen LogP contribution in [0.1, 0.15) is 114 Å². The Morgan fingerprint density at radius 1 is 0.938 bits per heavy atom. The first-order valence-electron chi connectivity index (χ1n) is 17.1. The number of ketones is 1. The van der Waals surface area contributed by atoms with E-state index in [1.165, 1.54) is 5.57 Å². The van der Waals surface area contributed by atoms with E-state index in [2.05, 4.69) is 82.6 Å². The molecule has 0 aromatic carbocycles. The Bertz CT molecular complexity index is 1390. The molecule has 1 heterocycles. The molecule has 0 bridgehead atoms. The molecule has 0 aliphatic heterocycles. The third-order valence-corrected chi connectivity index (χ3v) is 6.83.